The molecule has 136 valence electrons. The summed E-state index contributed by atoms with van der Waals surface area (Å²) in [7, 11) is -8.14. The van der Waals surface area contributed by atoms with E-state index < -0.39 is 17.7 Å². The summed E-state index contributed by atoms with van der Waals surface area (Å²) in [6.07, 6.45) is 1.44. The van der Waals surface area contributed by atoms with E-state index in [1.54, 1.807) is 43.3 Å². The van der Waals surface area contributed by atoms with E-state index >= 15 is 0 Å². The van der Waals surface area contributed by atoms with Crippen LogP contribution in [-0.2, 0) is 8.66 Å². The lowest BCUT2D eigenvalue weighted by Crippen LogP contribution is -2.35. The lowest BCUT2D eigenvalue weighted by Gasteiger charge is -2.52. The van der Waals surface area contributed by atoms with Crippen LogP contribution >= 0.6 is 9.06 Å². The minimum atomic E-state index is -5.24. The molecule has 0 aliphatic rings. The third-order valence-corrected chi connectivity index (χ3v) is 13.4. The van der Waals surface area contributed by atoms with Crippen molar-refractivity contribution in [2.45, 2.75) is 21.6 Å². The summed E-state index contributed by atoms with van der Waals surface area (Å²) < 4.78 is 36.5. The Morgan fingerprint density at radius 1 is 0.692 bits per heavy atom. The number of hydrogen-bond acceptors (Lipinski definition) is 1. The smallest absolute Gasteiger partial charge is 0.144 e. The quantitative estimate of drug-likeness (QED) is 0.515. The first-order chi connectivity index (χ1) is 12.4. The van der Waals surface area contributed by atoms with Gasteiger partial charge in [-0.1, -0.05) is 69.7 Å². The van der Waals surface area contributed by atoms with Crippen molar-refractivity contribution in [2.24, 2.45) is 0 Å². The molecule has 0 atom stereocenters. The number of rotatable bonds is 5. The van der Waals surface area contributed by atoms with Crippen molar-refractivity contribution < 1.29 is 13.3 Å². The van der Waals surface area contributed by atoms with Crippen LogP contribution in [0.1, 0.15) is 6.92 Å². The maximum atomic E-state index is 13.9. The Hall–Kier alpha value is -2.18. The molecule has 0 aromatic heterocycles. The number of hydrogen-bond donors (Lipinski definition) is 2. The minimum Gasteiger partial charge on any atom is -0.298 e. The summed E-state index contributed by atoms with van der Waals surface area (Å²) in [6, 6.07) is 27.3. The summed E-state index contributed by atoms with van der Waals surface area (Å²) in [5.74, 6) is 0. The van der Waals surface area contributed by atoms with Crippen LogP contribution in [0.2, 0.25) is 0 Å². The molecule has 0 aliphatic carbocycles. The van der Waals surface area contributed by atoms with Crippen molar-refractivity contribution in [3.05, 3.63) is 102 Å². The van der Waals surface area contributed by atoms with E-state index in [1.165, 1.54) is 6.08 Å². The van der Waals surface area contributed by atoms with Gasteiger partial charge < -0.3 is 0 Å². The first-order valence-corrected chi connectivity index (χ1v) is 12.3. The molecule has 26 heavy (non-hydrogen) atoms. The van der Waals surface area contributed by atoms with E-state index in [1.807, 2.05) is 54.6 Å². The molecule has 0 heterocycles. The highest BCUT2D eigenvalue weighted by atomic mass is 33.2. The molecular weight excluding hydrogens is 364 g/mol. The summed E-state index contributed by atoms with van der Waals surface area (Å²) in [6.45, 7) is 1.63. The Kier molecular flexibility index (Phi) is 4.90. The van der Waals surface area contributed by atoms with Crippen LogP contribution in [0, 0.1) is 0 Å². The third kappa shape index (κ3) is 2.93. The second-order valence-corrected chi connectivity index (χ2v) is 13.7. The number of benzene rings is 3. The molecule has 5 heteroatoms. The van der Waals surface area contributed by atoms with E-state index in [-0.39, 0.29) is 0 Å². The van der Waals surface area contributed by atoms with E-state index in [0.717, 1.165) is 5.41 Å². The zero-order valence-corrected chi connectivity index (χ0v) is 16.1. The largest absolute Gasteiger partial charge is 0.298 e. The molecule has 3 aromatic carbocycles. The van der Waals surface area contributed by atoms with Gasteiger partial charge in [0.2, 0.25) is 0 Å². The highest BCUT2D eigenvalue weighted by molar-refractivity contribution is 8.98. The van der Waals surface area contributed by atoms with Gasteiger partial charge >= 0.3 is 0 Å². The van der Waals surface area contributed by atoms with Crippen LogP contribution in [0.15, 0.2) is 117 Å². The van der Waals surface area contributed by atoms with E-state index in [0.29, 0.717) is 14.7 Å². The first kappa shape index (κ1) is 18.6. The molecule has 3 nitrogen and oxygen atoms in total. The highest BCUT2D eigenvalue weighted by Crippen LogP contribution is 2.79. The van der Waals surface area contributed by atoms with Gasteiger partial charge in [0.15, 0.2) is 0 Å². The van der Waals surface area contributed by atoms with E-state index in [4.69, 9.17) is 0 Å². The second-order valence-electron chi connectivity index (χ2n) is 5.82. The topological polar surface area (TPSA) is 57.5 Å². The van der Waals surface area contributed by atoms with Gasteiger partial charge in [-0.3, -0.25) is 9.11 Å². The van der Waals surface area contributed by atoms with Crippen LogP contribution in [0.5, 0.6) is 0 Å². The maximum Gasteiger partial charge on any atom is 0.144 e. The Labute approximate surface area is 155 Å². The number of allylic oxidation sites excluding steroid dienone is 1. The fourth-order valence-electron chi connectivity index (χ4n) is 3.10. The molecule has 0 aliphatic heterocycles. The van der Waals surface area contributed by atoms with Crippen molar-refractivity contribution in [3.8, 4) is 0 Å². The van der Waals surface area contributed by atoms with Gasteiger partial charge in [-0.2, -0.15) is 0 Å². The Bertz CT molecular complexity index is 865. The molecule has 0 fully saturated rings. The molecule has 2 N–H and O–H groups in total. The molecule has 0 spiro atoms. The lowest BCUT2D eigenvalue weighted by molar-refractivity contribution is 0.426. The maximum absolute atomic E-state index is 13.9. The molecular formula is C21H22O3S2. The molecule has 0 saturated carbocycles. The van der Waals surface area contributed by atoms with Crippen molar-refractivity contribution in [3.63, 3.8) is 0 Å². The summed E-state index contributed by atoms with van der Waals surface area (Å²) in [5.41, 5.74) is 0. The lowest BCUT2D eigenvalue weighted by atomic mass is 10.4. The van der Waals surface area contributed by atoms with Crippen molar-refractivity contribution in [1.29, 1.82) is 0 Å². The van der Waals surface area contributed by atoms with Crippen LogP contribution in [0.3, 0.4) is 0 Å². The zero-order valence-electron chi connectivity index (χ0n) is 14.4. The van der Waals surface area contributed by atoms with Crippen LogP contribution in [0.25, 0.3) is 0 Å². The predicted octanol–water partition coefficient (Wildman–Crippen LogP) is 6.18. The fourth-order valence-corrected chi connectivity index (χ4v) is 12.3. The first-order valence-electron chi connectivity index (χ1n) is 8.19. The van der Waals surface area contributed by atoms with Crippen LogP contribution in [-0.4, -0.2) is 13.3 Å². The molecule has 0 amide bonds. The van der Waals surface area contributed by atoms with Gasteiger partial charge in [-0.15, -0.1) is 0 Å². The summed E-state index contributed by atoms with van der Waals surface area (Å²) in [4.78, 5) is 1.87. The summed E-state index contributed by atoms with van der Waals surface area (Å²) >= 11 is 0. The molecule has 3 aromatic rings. The Morgan fingerprint density at radius 2 is 1.00 bits per heavy atom. The van der Waals surface area contributed by atoms with Gasteiger partial charge in [0, 0.05) is 20.1 Å². The van der Waals surface area contributed by atoms with Gasteiger partial charge in [0.05, 0.1) is 0 Å². The monoisotopic (exact) mass is 386 g/mol. The van der Waals surface area contributed by atoms with E-state index in [9.17, 15) is 13.3 Å². The normalized spacial score (nSPS) is 14.7. The molecule has 0 bridgehead atoms. The van der Waals surface area contributed by atoms with Crippen LogP contribution < -0.4 is 0 Å². The zero-order chi connectivity index (χ0) is 18.7. The highest BCUT2D eigenvalue weighted by Gasteiger charge is 2.52. The summed E-state index contributed by atoms with van der Waals surface area (Å²) in [5, 5.41) is 1.06. The van der Waals surface area contributed by atoms with Gasteiger partial charge in [-0.05, 0) is 43.3 Å². The molecule has 0 saturated heterocycles. The van der Waals surface area contributed by atoms with Gasteiger partial charge in [0.1, 0.15) is 8.66 Å². The predicted molar refractivity (Wildman–Crippen MR) is 110 cm³/mol. The Morgan fingerprint density at radius 3 is 1.27 bits per heavy atom. The van der Waals surface area contributed by atoms with E-state index in [2.05, 4.69) is 0 Å². The Balaban J connectivity index is 2.55. The van der Waals surface area contributed by atoms with Crippen LogP contribution in [0.4, 0.5) is 0 Å². The van der Waals surface area contributed by atoms with Crippen molar-refractivity contribution in [2.75, 3.05) is 0 Å². The minimum absolute atomic E-state index is 0.623. The average molecular weight is 387 g/mol. The molecule has 0 unspecified atom stereocenters. The van der Waals surface area contributed by atoms with Gasteiger partial charge in [0.25, 0.3) is 0 Å². The third-order valence-electron chi connectivity index (χ3n) is 4.06. The van der Waals surface area contributed by atoms with Crippen molar-refractivity contribution in [1.82, 2.24) is 0 Å². The van der Waals surface area contributed by atoms with Crippen molar-refractivity contribution >= 4 is 17.7 Å². The fraction of sp³-hybridized carbons (Fsp3) is 0.0476. The average Bonchev–Trinajstić information content (AvgIpc) is 2.64. The second kappa shape index (κ2) is 6.85. The van der Waals surface area contributed by atoms with Gasteiger partial charge in [-0.25, -0.2) is 4.21 Å². The SMILES string of the molecule is C/C=C/S(=O)(O)(O)S(c1ccccc1)(c1ccccc1)c1ccccc1. The molecule has 3 rings (SSSR count). The molecule has 0 radical (unpaired) electrons. The standard InChI is InChI=1S/C21H22O3S2/c1-2-18-26(22,23,24)25(19-12-6-3-7-13-19,20-14-8-4-9-15-20)21-16-10-5-11-17-21/h2-18H,1H3,(H2,22,23,24)/b18-2+.